The Bertz CT molecular complexity index is 368. The predicted octanol–water partition coefficient (Wildman–Crippen LogP) is 7.41. The van der Waals surface area contributed by atoms with Gasteiger partial charge in [-0.15, -0.1) is 0 Å². The zero-order valence-corrected chi connectivity index (χ0v) is 18.8. The van der Waals surface area contributed by atoms with Crippen LogP contribution in [0, 0.1) is 27.0 Å². The molecule has 128 valence electrons. The molecule has 2 rings (SSSR count). The van der Waals surface area contributed by atoms with Crippen molar-refractivity contribution in [1.82, 2.24) is 0 Å². The summed E-state index contributed by atoms with van der Waals surface area (Å²) in [6, 6.07) is 0. The minimum Gasteiger partial charge on any atom is -0.358 e. The Hall–Kier alpha value is -0.157. The van der Waals surface area contributed by atoms with Gasteiger partial charge in [0.15, 0.2) is 0 Å². The van der Waals surface area contributed by atoms with Crippen molar-refractivity contribution < 1.29 is 26.2 Å². The van der Waals surface area contributed by atoms with Crippen molar-refractivity contribution in [2.24, 2.45) is 0 Å². The molecule has 0 atom stereocenters. The fraction of sp³-hybridized carbons (Fsp3) is 0.545. The maximum atomic E-state index is 3.37. The van der Waals surface area contributed by atoms with E-state index in [-0.39, 0.29) is 41.1 Å². The topological polar surface area (TPSA) is 0 Å². The maximum absolute atomic E-state index is 3.37. The van der Waals surface area contributed by atoms with E-state index in [4.69, 9.17) is 0 Å². The van der Waals surface area contributed by atoms with Gasteiger partial charge in [-0.2, -0.15) is 11.1 Å². The van der Waals surface area contributed by atoms with Gasteiger partial charge >= 0.3 is 26.2 Å². The summed E-state index contributed by atoms with van der Waals surface area (Å²) < 4.78 is 0. The van der Waals surface area contributed by atoms with Crippen LogP contribution in [0.15, 0.2) is 34.4 Å². The normalized spacial score (nSPS) is 14.8. The first-order valence-electron chi connectivity index (χ1n) is 8.22. The first-order valence-corrected chi connectivity index (χ1v) is 8.22. The zero-order valence-electron chi connectivity index (χ0n) is 16.3. The number of allylic oxidation sites excluding steroid dienone is 8. The summed E-state index contributed by atoms with van der Waals surface area (Å²) >= 11 is 0. The molecule has 1 heteroatoms. The van der Waals surface area contributed by atoms with Gasteiger partial charge in [0.25, 0.3) is 0 Å². The summed E-state index contributed by atoms with van der Waals surface area (Å²) in [4.78, 5) is 0. The van der Waals surface area contributed by atoms with Gasteiger partial charge < -0.3 is 14.9 Å². The van der Waals surface area contributed by atoms with E-state index in [0.29, 0.717) is 0 Å². The Morgan fingerprint density at radius 3 is 1.35 bits per heavy atom. The van der Waals surface area contributed by atoms with Crippen LogP contribution in [0.5, 0.6) is 0 Å². The van der Waals surface area contributed by atoms with Crippen LogP contribution in [0.1, 0.15) is 79.1 Å². The molecule has 0 nitrogen and oxygen atoms in total. The summed E-state index contributed by atoms with van der Waals surface area (Å²) in [7, 11) is 0. The van der Waals surface area contributed by atoms with Gasteiger partial charge in [-0.3, -0.25) is 0 Å². The van der Waals surface area contributed by atoms with Crippen molar-refractivity contribution in [3.63, 3.8) is 0 Å². The standard InChI is InChI=1S/2C10H15.2CH3.Zr/c2*1-3-4-5-10-7-6-9(2)8-10;;;/h2*7H,3-6H2,1-2H3;2*1H3;/q4*-1;+4. The molecule has 0 heterocycles. The summed E-state index contributed by atoms with van der Waals surface area (Å²) in [5.41, 5.74) is 5.65. The molecule has 0 radical (unpaired) electrons. The molecule has 0 bridgehead atoms. The van der Waals surface area contributed by atoms with Crippen LogP contribution in [0.4, 0.5) is 0 Å². The summed E-state index contributed by atoms with van der Waals surface area (Å²) in [5, 5.41) is 0. The van der Waals surface area contributed by atoms with Gasteiger partial charge in [-0.25, -0.2) is 35.5 Å². The fourth-order valence-electron chi connectivity index (χ4n) is 2.37. The summed E-state index contributed by atoms with van der Waals surface area (Å²) in [6.07, 6.45) is 21.3. The summed E-state index contributed by atoms with van der Waals surface area (Å²) in [6.45, 7) is 8.75. The molecule has 0 fully saturated rings. The van der Waals surface area contributed by atoms with Crippen LogP contribution in [0.3, 0.4) is 0 Å². The molecule has 0 amide bonds. The first-order chi connectivity index (χ1) is 9.65. The number of hydrogen-bond acceptors (Lipinski definition) is 0. The molecule has 0 aliphatic heterocycles. The van der Waals surface area contributed by atoms with Crippen LogP contribution in [-0.4, -0.2) is 0 Å². The van der Waals surface area contributed by atoms with Gasteiger partial charge in [-0.05, 0) is 0 Å². The third-order valence-corrected chi connectivity index (χ3v) is 3.66. The van der Waals surface area contributed by atoms with E-state index in [2.05, 4.69) is 52.0 Å². The molecule has 2 aliphatic rings. The van der Waals surface area contributed by atoms with Crippen LogP contribution < -0.4 is 0 Å². The van der Waals surface area contributed by atoms with Gasteiger partial charge in [-0.1, -0.05) is 79.1 Å². The van der Waals surface area contributed by atoms with Gasteiger partial charge in [0.2, 0.25) is 0 Å². The molecule has 2 aliphatic carbocycles. The molecular formula is C22H36Zr. The van der Waals surface area contributed by atoms with Crippen molar-refractivity contribution in [2.75, 3.05) is 0 Å². The molecule has 0 saturated carbocycles. The average molecular weight is 392 g/mol. The van der Waals surface area contributed by atoms with E-state index in [0.717, 1.165) is 12.8 Å². The number of unbranched alkanes of at least 4 members (excludes halogenated alkanes) is 2. The Balaban J connectivity index is -0.000000308. The first kappa shape index (κ1) is 27.7. The fourth-order valence-corrected chi connectivity index (χ4v) is 2.37. The smallest absolute Gasteiger partial charge is 0.358 e. The van der Waals surface area contributed by atoms with E-state index in [1.165, 1.54) is 60.8 Å². The third-order valence-electron chi connectivity index (χ3n) is 3.66. The van der Waals surface area contributed by atoms with E-state index in [1.807, 2.05) is 0 Å². The van der Waals surface area contributed by atoms with E-state index in [1.54, 1.807) is 0 Å². The minimum absolute atomic E-state index is 0. The summed E-state index contributed by atoms with van der Waals surface area (Å²) in [5.74, 6) is 0. The second-order valence-corrected chi connectivity index (χ2v) is 5.88. The van der Waals surface area contributed by atoms with Crippen molar-refractivity contribution in [3.05, 3.63) is 61.4 Å². The van der Waals surface area contributed by atoms with E-state index in [9.17, 15) is 0 Å². The molecule has 0 aromatic rings. The zero-order chi connectivity index (χ0) is 14.8. The molecule has 0 aromatic heterocycles. The molecule has 23 heavy (non-hydrogen) atoms. The van der Waals surface area contributed by atoms with E-state index < -0.39 is 0 Å². The van der Waals surface area contributed by atoms with Gasteiger partial charge in [0.1, 0.15) is 0 Å². The molecular weight excluding hydrogens is 355 g/mol. The molecule has 0 saturated heterocycles. The number of hydrogen-bond donors (Lipinski definition) is 0. The van der Waals surface area contributed by atoms with Crippen LogP contribution >= 0.6 is 0 Å². The second kappa shape index (κ2) is 16.7. The minimum atomic E-state index is 0. The van der Waals surface area contributed by atoms with E-state index >= 15 is 0 Å². The second-order valence-electron chi connectivity index (χ2n) is 5.88. The monoisotopic (exact) mass is 390 g/mol. The largest absolute Gasteiger partial charge is 4.00 e. The molecule has 0 spiro atoms. The van der Waals surface area contributed by atoms with Crippen molar-refractivity contribution in [2.45, 2.75) is 79.1 Å². The molecule has 0 unspecified atom stereocenters. The van der Waals surface area contributed by atoms with Crippen molar-refractivity contribution in [1.29, 1.82) is 0 Å². The Morgan fingerprint density at radius 1 is 0.783 bits per heavy atom. The average Bonchev–Trinajstić information content (AvgIpc) is 3.03. The molecule has 0 N–H and O–H groups in total. The van der Waals surface area contributed by atoms with Crippen LogP contribution in [-0.2, 0) is 26.2 Å². The van der Waals surface area contributed by atoms with Crippen LogP contribution in [0.2, 0.25) is 0 Å². The maximum Gasteiger partial charge on any atom is 4.00 e. The quantitative estimate of drug-likeness (QED) is 0.413. The van der Waals surface area contributed by atoms with Crippen molar-refractivity contribution >= 4 is 0 Å². The third kappa shape index (κ3) is 12.9. The Morgan fingerprint density at radius 2 is 1.13 bits per heavy atom. The number of rotatable bonds is 6. The Kier molecular flexibility index (Phi) is 20.1. The van der Waals surface area contributed by atoms with Crippen molar-refractivity contribution in [3.8, 4) is 0 Å². The SMILES string of the molecule is CCCCC1=CCC(C)=[C-]1.CCCCC1=CCC(C)=[C-]1.[CH3-].[CH3-].[Zr+4]. The van der Waals surface area contributed by atoms with Gasteiger partial charge in [0.05, 0.1) is 0 Å². The Labute approximate surface area is 166 Å². The molecule has 0 aromatic carbocycles. The van der Waals surface area contributed by atoms with Crippen LogP contribution in [0.25, 0.3) is 0 Å². The van der Waals surface area contributed by atoms with Gasteiger partial charge in [0, 0.05) is 0 Å². The predicted molar refractivity (Wildman–Crippen MR) is 102 cm³/mol.